The Bertz CT molecular complexity index is 725. The molecule has 0 aliphatic carbocycles. The van der Waals surface area contributed by atoms with Gasteiger partial charge < -0.3 is 14.8 Å². The van der Waals surface area contributed by atoms with Crippen LogP contribution in [0.4, 0.5) is 8.78 Å². The molecule has 0 bridgehead atoms. The minimum absolute atomic E-state index is 0.0775. The van der Waals surface area contributed by atoms with Crippen molar-refractivity contribution in [2.24, 2.45) is 0 Å². The van der Waals surface area contributed by atoms with Gasteiger partial charge in [-0.25, -0.2) is 8.78 Å². The van der Waals surface area contributed by atoms with Crippen LogP contribution < -0.4 is 0 Å². The number of aliphatic carboxylic acids is 1. The summed E-state index contributed by atoms with van der Waals surface area (Å²) in [5, 5.41) is 9.33. The van der Waals surface area contributed by atoms with Crippen molar-refractivity contribution in [1.29, 1.82) is 0 Å². The van der Waals surface area contributed by atoms with Crippen molar-refractivity contribution in [2.75, 3.05) is 6.61 Å². The van der Waals surface area contributed by atoms with Crippen molar-refractivity contribution in [3.63, 3.8) is 0 Å². The molecule has 0 saturated carbocycles. The number of carbonyl (C=O) groups is 1. The molecule has 1 aromatic carbocycles. The standard InChI is InChI=1S/C15H15F2NO3/c1-2-15(7-11(19)20)14-8(5-6-21-15)12-9(16)3-4-10(17)13(12)18-14/h3-4,18H,2,5-7H2,1H3,(H,19,20). The van der Waals surface area contributed by atoms with E-state index in [0.29, 0.717) is 24.1 Å². The van der Waals surface area contributed by atoms with Crippen LogP contribution in [0, 0.1) is 11.6 Å². The van der Waals surface area contributed by atoms with E-state index >= 15 is 0 Å². The van der Waals surface area contributed by atoms with Crippen LogP contribution in [0.1, 0.15) is 31.0 Å². The second-order valence-corrected chi connectivity index (χ2v) is 5.27. The largest absolute Gasteiger partial charge is 0.481 e. The number of halogens is 2. The van der Waals surface area contributed by atoms with Crippen molar-refractivity contribution in [2.45, 2.75) is 31.8 Å². The Morgan fingerprint density at radius 2 is 2.14 bits per heavy atom. The van der Waals surface area contributed by atoms with Crippen LogP contribution in [0.5, 0.6) is 0 Å². The molecule has 1 aliphatic rings. The van der Waals surface area contributed by atoms with Crippen LogP contribution >= 0.6 is 0 Å². The van der Waals surface area contributed by atoms with Gasteiger partial charge in [0.05, 0.1) is 24.2 Å². The van der Waals surface area contributed by atoms with Gasteiger partial charge in [-0.1, -0.05) is 6.92 Å². The Kier molecular flexibility index (Phi) is 3.20. The lowest BCUT2D eigenvalue weighted by Gasteiger charge is -2.35. The zero-order valence-corrected chi connectivity index (χ0v) is 11.5. The third-order valence-electron chi connectivity index (χ3n) is 4.15. The molecule has 1 unspecified atom stereocenters. The molecular weight excluding hydrogens is 280 g/mol. The summed E-state index contributed by atoms with van der Waals surface area (Å²) >= 11 is 0. The van der Waals surface area contributed by atoms with Gasteiger partial charge in [-0.15, -0.1) is 0 Å². The molecule has 4 nitrogen and oxygen atoms in total. The maximum atomic E-state index is 14.1. The van der Waals surface area contributed by atoms with Crippen molar-refractivity contribution >= 4 is 16.9 Å². The van der Waals surface area contributed by atoms with Gasteiger partial charge in [0, 0.05) is 5.39 Å². The van der Waals surface area contributed by atoms with Crippen molar-refractivity contribution in [3.8, 4) is 0 Å². The predicted molar refractivity (Wildman–Crippen MR) is 72.1 cm³/mol. The van der Waals surface area contributed by atoms with Gasteiger partial charge in [-0.3, -0.25) is 4.79 Å². The third kappa shape index (κ3) is 2.01. The summed E-state index contributed by atoms with van der Waals surface area (Å²) < 4.78 is 33.7. The number of H-pyrrole nitrogens is 1. The average molecular weight is 295 g/mol. The second-order valence-electron chi connectivity index (χ2n) is 5.27. The second kappa shape index (κ2) is 4.80. The van der Waals surface area contributed by atoms with Crippen molar-refractivity contribution < 1.29 is 23.4 Å². The maximum Gasteiger partial charge on any atom is 0.306 e. The third-order valence-corrected chi connectivity index (χ3v) is 4.15. The summed E-state index contributed by atoms with van der Waals surface area (Å²) in [6.45, 7) is 2.09. The number of fused-ring (bicyclic) bond motifs is 3. The zero-order chi connectivity index (χ0) is 15.2. The number of carboxylic acid groups (broad SMARTS) is 1. The molecule has 0 fully saturated rings. The van der Waals surface area contributed by atoms with Crippen LogP contribution in [-0.2, 0) is 21.6 Å². The quantitative estimate of drug-likeness (QED) is 0.914. The van der Waals surface area contributed by atoms with E-state index in [4.69, 9.17) is 9.84 Å². The topological polar surface area (TPSA) is 62.3 Å². The fraction of sp³-hybridized carbons (Fsp3) is 0.400. The monoisotopic (exact) mass is 295 g/mol. The summed E-state index contributed by atoms with van der Waals surface area (Å²) in [4.78, 5) is 14.0. The number of aromatic amines is 1. The normalized spacial score (nSPS) is 21.5. The molecule has 3 rings (SSSR count). The van der Waals surface area contributed by atoms with Crippen LogP contribution in [0.3, 0.4) is 0 Å². The molecule has 2 aromatic rings. The van der Waals surface area contributed by atoms with E-state index in [2.05, 4.69) is 4.98 Å². The molecule has 2 N–H and O–H groups in total. The molecule has 6 heteroatoms. The molecular formula is C15H15F2NO3. The van der Waals surface area contributed by atoms with E-state index in [1.807, 2.05) is 0 Å². The van der Waals surface area contributed by atoms with Gasteiger partial charge in [0.2, 0.25) is 0 Å². The highest BCUT2D eigenvalue weighted by molar-refractivity contribution is 5.86. The molecule has 2 heterocycles. The van der Waals surface area contributed by atoms with Crippen LogP contribution in [0.15, 0.2) is 12.1 Å². The highest BCUT2D eigenvalue weighted by atomic mass is 19.1. The van der Waals surface area contributed by atoms with Gasteiger partial charge in [-0.05, 0) is 30.5 Å². The molecule has 112 valence electrons. The first-order valence-corrected chi connectivity index (χ1v) is 6.83. The molecule has 0 radical (unpaired) electrons. The van der Waals surface area contributed by atoms with Gasteiger partial charge in [-0.2, -0.15) is 0 Å². The molecule has 0 saturated heterocycles. The Morgan fingerprint density at radius 1 is 1.43 bits per heavy atom. The first-order valence-electron chi connectivity index (χ1n) is 6.83. The molecule has 0 amide bonds. The lowest BCUT2D eigenvalue weighted by Crippen LogP contribution is -2.37. The van der Waals surface area contributed by atoms with Crippen LogP contribution in [0.2, 0.25) is 0 Å². The summed E-state index contributed by atoms with van der Waals surface area (Å²) in [5.74, 6) is -2.07. The Morgan fingerprint density at radius 3 is 2.81 bits per heavy atom. The van der Waals surface area contributed by atoms with Crippen LogP contribution in [0.25, 0.3) is 10.9 Å². The van der Waals surface area contributed by atoms with Gasteiger partial charge >= 0.3 is 5.97 Å². The van der Waals surface area contributed by atoms with Gasteiger partial charge in [0.1, 0.15) is 17.2 Å². The highest BCUT2D eigenvalue weighted by Gasteiger charge is 2.41. The first kappa shape index (κ1) is 14.0. The minimum atomic E-state index is -1.06. The molecule has 0 spiro atoms. The lowest BCUT2D eigenvalue weighted by atomic mass is 9.86. The zero-order valence-electron chi connectivity index (χ0n) is 11.5. The Hall–Kier alpha value is -1.95. The molecule has 1 aliphatic heterocycles. The number of aromatic nitrogens is 1. The number of benzene rings is 1. The van der Waals surface area contributed by atoms with Crippen molar-refractivity contribution in [3.05, 3.63) is 35.0 Å². The SMILES string of the molecule is CCC1(CC(=O)O)OCCc2c1[nH]c1c(F)ccc(F)c21. The minimum Gasteiger partial charge on any atom is -0.481 e. The lowest BCUT2D eigenvalue weighted by molar-refractivity contribution is -0.148. The number of nitrogens with one attached hydrogen (secondary N) is 1. The maximum absolute atomic E-state index is 14.1. The predicted octanol–water partition coefficient (Wildman–Crippen LogP) is 3.10. The Balaban J connectivity index is 2.29. The van der Waals surface area contributed by atoms with Gasteiger partial charge in [0.15, 0.2) is 0 Å². The Labute approximate surface area is 119 Å². The molecule has 21 heavy (non-hydrogen) atoms. The first-order chi connectivity index (χ1) is 9.98. The highest BCUT2D eigenvalue weighted by Crippen LogP contribution is 2.42. The number of rotatable bonds is 3. The summed E-state index contributed by atoms with van der Waals surface area (Å²) in [7, 11) is 0. The molecule has 1 atom stereocenters. The number of ether oxygens (including phenoxy) is 1. The fourth-order valence-corrected chi connectivity index (χ4v) is 3.14. The van der Waals surface area contributed by atoms with E-state index < -0.39 is 23.2 Å². The van der Waals surface area contributed by atoms with Gasteiger partial charge in [0.25, 0.3) is 0 Å². The number of carboxylic acids is 1. The number of hydrogen-bond donors (Lipinski definition) is 2. The summed E-state index contributed by atoms with van der Waals surface area (Å²) in [6, 6.07) is 2.15. The molecule has 1 aromatic heterocycles. The van der Waals surface area contributed by atoms with E-state index in [1.165, 1.54) is 0 Å². The summed E-state index contributed by atoms with van der Waals surface area (Å²) in [6.07, 6.45) is 0.589. The number of hydrogen-bond acceptors (Lipinski definition) is 2. The smallest absolute Gasteiger partial charge is 0.306 e. The van der Waals surface area contributed by atoms with Crippen molar-refractivity contribution in [1.82, 2.24) is 4.98 Å². The average Bonchev–Trinajstić information content (AvgIpc) is 2.84. The fourth-order valence-electron chi connectivity index (χ4n) is 3.14. The van der Waals surface area contributed by atoms with E-state index in [-0.39, 0.29) is 23.9 Å². The van der Waals surface area contributed by atoms with E-state index in [9.17, 15) is 13.6 Å². The summed E-state index contributed by atoms with van der Waals surface area (Å²) in [5.41, 5.74) is 0.125. The van der Waals surface area contributed by atoms with E-state index in [1.54, 1.807) is 6.92 Å². The van der Waals surface area contributed by atoms with Crippen LogP contribution in [-0.4, -0.2) is 22.7 Å². The van der Waals surface area contributed by atoms with E-state index in [0.717, 1.165) is 12.1 Å².